The maximum Gasteiger partial charge on any atom is 0.194 e. The van der Waals surface area contributed by atoms with Gasteiger partial charge >= 0.3 is 0 Å². The van der Waals surface area contributed by atoms with Crippen LogP contribution in [0.2, 0.25) is 0 Å². The molecule has 0 aliphatic heterocycles. The maximum absolute atomic E-state index is 7.37. The summed E-state index contributed by atoms with van der Waals surface area (Å²) in [5.41, 5.74) is 6.63. The number of amidine groups is 1. The van der Waals surface area contributed by atoms with Gasteiger partial charge in [0, 0.05) is 11.9 Å². The average molecular weight is 245 g/mol. The Labute approximate surface area is 103 Å². The van der Waals surface area contributed by atoms with Crippen LogP contribution in [-0.2, 0) is 0 Å². The Morgan fingerprint density at radius 3 is 2.82 bits per heavy atom. The van der Waals surface area contributed by atoms with Crippen LogP contribution in [0.15, 0.2) is 40.6 Å². The molecule has 2 aromatic rings. The van der Waals surface area contributed by atoms with Crippen molar-refractivity contribution in [2.24, 2.45) is 5.73 Å². The average Bonchev–Trinajstić information content (AvgIpc) is 2.29. The molecule has 3 N–H and O–H groups in total. The lowest BCUT2D eigenvalue weighted by Crippen LogP contribution is -2.14. The number of aryl methyl sites for hydroxylation is 1. The Bertz CT molecular complexity index is 541. The van der Waals surface area contributed by atoms with Crippen molar-refractivity contribution in [3.8, 4) is 0 Å². The van der Waals surface area contributed by atoms with Crippen molar-refractivity contribution in [2.45, 2.75) is 17.1 Å². The monoisotopic (exact) mass is 245 g/mol. The molecular formula is C11H11N5S. The van der Waals surface area contributed by atoms with Crippen LogP contribution in [0.1, 0.15) is 11.4 Å². The highest BCUT2D eigenvalue weighted by atomic mass is 32.2. The minimum atomic E-state index is -0.0571. The lowest BCUT2D eigenvalue weighted by molar-refractivity contribution is 0.917. The predicted octanol–water partition coefficient (Wildman–Crippen LogP) is 1.62. The van der Waals surface area contributed by atoms with Gasteiger partial charge in [0.15, 0.2) is 5.16 Å². The molecule has 0 aliphatic carbocycles. The van der Waals surface area contributed by atoms with Crippen LogP contribution in [0.3, 0.4) is 0 Å². The van der Waals surface area contributed by atoms with Gasteiger partial charge in [-0.3, -0.25) is 5.41 Å². The number of hydrogen-bond donors (Lipinski definition) is 2. The maximum atomic E-state index is 7.37. The normalized spacial score (nSPS) is 10.2. The molecule has 0 amide bonds. The van der Waals surface area contributed by atoms with Gasteiger partial charge in [0.2, 0.25) is 0 Å². The molecule has 0 bridgehead atoms. The molecule has 2 heterocycles. The fourth-order valence-electron chi connectivity index (χ4n) is 1.23. The molecule has 0 fully saturated rings. The molecule has 0 atom stereocenters. The van der Waals surface area contributed by atoms with E-state index in [1.807, 2.05) is 25.1 Å². The van der Waals surface area contributed by atoms with Crippen LogP contribution < -0.4 is 5.73 Å². The lowest BCUT2D eigenvalue weighted by Gasteiger charge is -2.03. The Kier molecular flexibility index (Phi) is 3.34. The minimum absolute atomic E-state index is 0.0571. The number of nitrogen functional groups attached to an aromatic ring is 1. The molecule has 86 valence electrons. The van der Waals surface area contributed by atoms with Gasteiger partial charge in [-0.05, 0) is 36.9 Å². The molecule has 0 saturated heterocycles. The van der Waals surface area contributed by atoms with Crippen LogP contribution in [0.4, 0.5) is 0 Å². The summed E-state index contributed by atoms with van der Waals surface area (Å²) in [6.45, 7) is 1.84. The van der Waals surface area contributed by atoms with Crippen molar-refractivity contribution in [1.29, 1.82) is 5.41 Å². The van der Waals surface area contributed by atoms with E-state index in [1.54, 1.807) is 12.3 Å². The number of nitrogens with zero attached hydrogens (tertiary/aromatic N) is 3. The molecule has 0 radical (unpaired) electrons. The molecule has 0 unspecified atom stereocenters. The van der Waals surface area contributed by atoms with Gasteiger partial charge in [0.05, 0.1) is 0 Å². The summed E-state index contributed by atoms with van der Waals surface area (Å²) in [5, 5.41) is 8.73. The second kappa shape index (κ2) is 4.92. The highest BCUT2D eigenvalue weighted by molar-refractivity contribution is 7.99. The van der Waals surface area contributed by atoms with E-state index >= 15 is 0 Å². The first-order valence-corrected chi connectivity index (χ1v) is 5.76. The van der Waals surface area contributed by atoms with E-state index in [1.165, 1.54) is 11.8 Å². The third-order valence-corrected chi connectivity index (χ3v) is 2.76. The number of hydrogen-bond acceptors (Lipinski definition) is 5. The van der Waals surface area contributed by atoms with Crippen molar-refractivity contribution >= 4 is 17.6 Å². The van der Waals surface area contributed by atoms with Crippen LogP contribution in [0, 0.1) is 12.3 Å². The standard InChI is InChI=1S/C11H11N5S/c1-7-6-8(10(12)13)16-11(15-7)17-9-4-2-3-5-14-9/h2-6H,1H3,(H3,12,13). The van der Waals surface area contributed by atoms with Gasteiger partial charge < -0.3 is 5.73 Å². The highest BCUT2D eigenvalue weighted by Crippen LogP contribution is 2.22. The molecule has 0 spiro atoms. The van der Waals surface area contributed by atoms with Crippen molar-refractivity contribution in [1.82, 2.24) is 15.0 Å². The summed E-state index contributed by atoms with van der Waals surface area (Å²) in [5.74, 6) is -0.0571. The van der Waals surface area contributed by atoms with Gasteiger partial charge in [-0.15, -0.1) is 0 Å². The van der Waals surface area contributed by atoms with E-state index in [9.17, 15) is 0 Å². The lowest BCUT2D eigenvalue weighted by atomic mass is 10.3. The SMILES string of the molecule is Cc1cc(C(=N)N)nc(Sc2ccccn2)n1. The smallest absolute Gasteiger partial charge is 0.194 e. The van der Waals surface area contributed by atoms with E-state index in [0.717, 1.165) is 10.7 Å². The summed E-state index contributed by atoms with van der Waals surface area (Å²) in [7, 11) is 0. The zero-order valence-electron chi connectivity index (χ0n) is 9.21. The van der Waals surface area contributed by atoms with Gasteiger partial charge in [-0.1, -0.05) is 6.07 Å². The Morgan fingerprint density at radius 2 is 2.18 bits per heavy atom. The first-order chi connectivity index (χ1) is 8.15. The Hall–Kier alpha value is -1.95. The number of pyridine rings is 1. The molecular weight excluding hydrogens is 234 g/mol. The number of aromatic nitrogens is 3. The Balaban J connectivity index is 2.30. The van der Waals surface area contributed by atoms with Gasteiger partial charge in [-0.2, -0.15) is 0 Å². The van der Waals surface area contributed by atoms with E-state index in [2.05, 4.69) is 15.0 Å². The summed E-state index contributed by atoms with van der Waals surface area (Å²) >= 11 is 1.35. The molecule has 2 rings (SSSR count). The highest BCUT2D eigenvalue weighted by Gasteiger charge is 2.06. The third-order valence-electron chi connectivity index (χ3n) is 1.94. The fourth-order valence-corrected chi connectivity index (χ4v) is 2.01. The van der Waals surface area contributed by atoms with Gasteiger partial charge in [0.1, 0.15) is 16.6 Å². The second-order valence-corrected chi connectivity index (χ2v) is 4.35. The van der Waals surface area contributed by atoms with Crippen LogP contribution >= 0.6 is 11.8 Å². The molecule has 0 aromatic carbocycles. The zero-order chi connectivity index (χ0) is 12.3. The third kappa shape index (κ3) is 3.01. The minimum Gasteiger partial charge on any atom is -0.382 e. The first-order valence-electron chi connectivity index (χ1n) is 4.94. The quantitative estimate of drug-likeness (QED) is 0.487. The topological polar surface area (TPSA) is 88.5 Å². The van der Waals surface area contributed by atoms with E-state index in [-0.39, 0.29) is 5.84 Å². The zero-order valence-corrected chi connectivity index (χ0v) is 10.0. The molecule has 6 heteroatoms. The first kappa shape index (κ1) is 11.5. The molecule has 2 aromatic heterocycles. The second-order valence-electron chi connectivity index (χ2n) is 3.36. The number of rotatable bonds is 3. The molecule has 5 nitrogen and oxygen atoms in total. The number of nitrogens with two attached hydrogens (primary N) is 1. The van der Waals surface area contributed by atoms with Gasteiger partial charge in [-0.25, -0.2) is 15.0 Å². The van der Waals surface area contributed by atoms with Crippen molar-refractivity contribution in [2.75, 3.05) is 0 Å². The van der Waals surface area contributed by atoms with E-state index in [4.69, 9.17) is 11.1 Å². The summed E-state index contributed by atoms with van der Waals surface area (Å²) in [4.78, 5) is 12.6. The number of nitrogens with one attached hydrogen (secondary N) is 1. The van der Waals surface area contributed by atoms with Crippen LogP contribution in [0.5, 0.6) is 0 Å². The molecule has 17 heavy (non-hydrogen) atoms. The molecule has 0 saturated carbocycles. The Morgan fingerprint density at radius 1 is 1.35 bits per heavy atom. The molecule has 0 aliphatic rings. The largest absolute Gasteiger partial charge is 0.382 e. The predicted molar refractivity (Wildman–Crippen MR) is 66.1 cm³/mol. The summed E-state index contributed by atoms with van der Waals surface area (Å²) in [6.07, 6.45) is 1.71. The van der Waals surface area contributed by atoms with Gasteiger partial charge in [0.25, 0.3) is 0 Å². The van der Waals surface area contributed by atoms with Crippen molar-refractivity contribution in [3.63, 3.8) is 0 Å². The van der Waals surface area contributed by atoms with E-state index < -0.39 is 0 Å². The van der Waals surface area contributed by atoms with Crippen molar-refractivity contribution < 1.29 is 0 Å². The van der Waals surface area contributed by atoms with Crippen molar-refractivity contribution in [3.05, 3.63) is 41.9 Å². The van der Waals surface area contributed by atoms with E-state index in [0.29, 0.717) is 10.9 Å². The fraction of sp³-hybridized carbons (Fsp3) is 0.0909. The van der Waals surface area contributed by atoms with Crippen LogP contribution in [0.25, 0.3) is 0 Å². The summed E-state index contributed by atoms with van der Waals surface area (Å²) in [6, 6.07) is 7.31. The summed E-state index contributed by atoms with van der Waals surface area (Å²) < 4.78 is 0. The van der Waals surface area contributed by atoms with Crippen LogP contribution in [-0.4, -0.2) is 20.8 Å².